The maximum Gasteiger partial charge on any atom is 0.270 e. The van der Waals surface area contributed by atoms with Gasteiger partial charge in [-0.3, -0.25) is 10.1 Å². The summed E-state index contributed by atoms with van der Waals surface area (Å²) in [6, 6.07) is 13.0. The van der Waals surface area contributed by atoms with Gasteiger partial charge in [-0.05, 0) is 23.6 Å². The monoisotopic (exact) mass is 376 g/mol. The maximum atomic E-state index is 12.9. The molecule has 0 amide bonds. The molecule has 1 aliphatic heterocycles. The number of ether oxygens (including phenoxy) is 1. The molecule has 0 aliphatic carbocycles. The van der Waals surface area contributed by atoms with E-state index in [9.17, 15) is 18.5 Å². The Morgan fingerprint density at radius 1 is 1.23 bits per heavy atom. The van der Waals surface area contributed by atoms with Gasteiger partial charge in [-0.15, -0.1) is 0 Å². The number of rotatable bonds is 5. The molecule has 0 bridgehead atoms. The van der Waals surface area contributed by atoms with Gasteiger partial charge in [0.05, 0.1) is 22.5 Å². The minimum atomic E-state index is -3.82. The van der Waals surface area contributed by atoms with Crippen LogP contribution in [-0.4, -0.2) is 37.3 Å². The van der Waals surface area contributed by atoms with Crippen molar-refractivity contribution in [3.63, 3.8) is 0 Å². The first-order chi connectivity index (χ1) is 12.4. The lowest BCUT2D eigenvalue weighted by Gasteiger charge is -2.32. The van der Waals surface area contributed by atoms with Gasteiger partial charge in [-0.25, -0.2) is 8.42 Å². The van der Waals surface area contributed by atoms with Gasteiger partial charge in [0.25, 0.3) is 5.69 Å². The number of nitro groups is 1. The van der Waals surface area contributed by atoms with Crippen molar-refractivity contribution in [1.29, 1.82) is 0 Å². The molecule has 26 heavy (non-hydrogen) atoms. The maximum absolute atomic E-state index is 12.9. The van der Waals surface area contributed by atoms with E-state index < -0.39 is 14.9 Å². The number of nitro benzene ring substituents is 1. The molecule has 1 saturated heterocycles. The molecule has 0 radical (unpaired) electrons. The Labute approximate surface area is 152 Å². The standard InChI is InChI=1S/C18H20N2O5S/c1-2-14-6-8-15(9-7-14)18-13-19(10-11-25-18)26(23,24)17-5-3-4-16(12-17)20(21)22/h3-9,12,18H,2,10-11,13H2,1H3. The van der Waals surface area contributed by atoms with Crippen LogP contribution in [-0.2, 0) is 21.2 Å². The molecule has 2 aromatic carbocycles. The molecule has 2 aromatic rings. The van der Waals surface area contributed by atoms with Crippen LogP contribution in [0.4, 0.5) is 5.69 Å². The molecule has 0 aromatic heterocycles. The van der Waals surface area contributed by atoms with Gasteiger partial charge >= 0.3 is 0 Å². The number of morpholine rings is 1. The zero-order chi connectivity index (χ0) is 18.7. The average Bonchev–Trinajstić information content (AvgIpc) is 2.68. The van der Waals surface area contributed by atoms with Crippen LogP contribution in [0.3, 0.4) is 0 Å². The first-order valence-electron chi connectivity index (χ1n) is 8.37. The Balaban J connectivity index is 1.83. The van der Waals surface area contributed by atoms with E-state index in [-0.39, 0.29) is 36.4 Å². The molecule has 0 N–H and O–H groups in total. The summed E-state index contributed by atoms with van der Waals surface area (Å²) in [5.74, 6) is 0. The normalized spacial score (nSPS) is 18.6. The van der Waals surface area contributed by atoms with E-state index in [1.807, 2.05) is 24.3 Å². The summed E-state index contributed by atoms with van der Waals surface area (Å²) >= 11 is 0. The fraction of sp³-hybridized carbons (Fsp3) is 0.333. The SMILES string of the molecule is CCc1ccc(C2CN(S(=O)(=O)c3cccc([N+](=O)[O-])c3)CCO2)cc1. The van der Waals surface area contributed by atoms with Crippen LogP contribution in [0.25, 0.3) is 0 Å². The Kier molecular flexibility index (Phi) is 5.36. The number of sulfonamides is 1. The van der Waals surface area contributed by atoms with Crippen LogP contribution in [0.15, 0.2) is 53.4 Å². The third-order valence-corrected chi connectivity index (χ3v) is 6.32. The van der Waals surface area contributed by atoms with Crippen LogP contribution in [0.5, 0.6) is 0 Å². The fourth-order valence-electron chi connectivity index (χ4n) is 2.92. The van der Waals surface area contributed by atoms with Gasteiger partial charge in [-0.1, -0.05) is 37.3 Å². The van der Waals surface area contributed by atoms with Crippen molar-refractivity contribution >= 4 is 15.7 Å². The van der Waals surface area contributed by atoms with Gasteiger partial charge in [0.1, 0.15) is 0 Å². The van der Waals surface area contributed by atoms with Gasteiger partial charge < -0.3 is 4.74 Å². The molecule has 138 valence electrons. The minimum absolute atomic E-state index is 0.0753. The summed E-state index contributed by atoms with van der Waals surface area (Å²) in [6.07, 6.45) is 0.571. The molecule has 0 spiro atoms. The number of benzene rings is 2. The second-order valence-corrected chi connectivity index (χ2v) is 8.01. The molecule has 1 unspecified atom stereocenters. The minimum Gasteiger partial charge on any atom is -0.371 e. The Morgan fingerprint density at radius 3 is 2.62 bits per heavy atom. The van der Waals surface area contributed by atoms with Crippen molar-refractivity contribution in [2.45, 2.75) is 24.3 Å². The van der Waals surface area contributed by atoms with Gasteiger partial charge in [0.15, 0.2) is 0 Å². The highest BCUT2D eigenvalue weighted by Crippen LogP contribution is 2.28. The Morgan fingerprint density at radius 2 is 1.96 bits per heavy atom. The lowest BCUT2D eigenvalue weighted by atomic mass is 10.1. The highest BCUT2D eigenvalue weighted by Gasteiger charge is 2.32. The quantitative estimate of drug-likeness (QED) is 0.591. The molecule has 1 aliphatic rings. The predicted molar refractivity (Wildman–Crippen MR) is 96.4 cm³/mol. The summed E-state index contributed by atoms with van der Waals surface area (Å²) < 4.78 is 32.8. The lowest BCUT2D eigenvalue weighted by molar-refractivity contribution is -0.385. The molecule has 1 heterocycles. The van der Waals surface area contributed by atoms with E-state index in [0.717, 1.165) is 18.1 Å². The third-order valence-electron chi connectivity index (χ3n) is 4.46. The van der Waals surface area contributed by atoms with Crippen LogP contribution in [0.2, 0.25) is 0 Å². The smallest absolute Gasteiger partial charge is 0.270 e. The average molecular weight is 376 g/mol. The molecule has 1 fully saturated rings. The summed E-state index contributed by atoms with van der Waals surface area (Å²) in [5, 5.41) is 10.9. The number of hydrogen-bond acceptors (Lipinski definition) is 5. The number of hydrogen-bond donors (Lipinski definition) is 0. The van der Waals surface area contributed by atoms with E-state index in [4.69, 9.17) is 4.74 Å². The zero-order valence-electron chi connectivity index (χ0n) is 14.4. The van der Waals surface area contributed by atoms with Gasteiger partial charge in [-0.2, -0.15) is 4.31 Å². The molecule has 0 saturated carbocycles. The zero-order valence-corrected chi connectivity index (χ0v) is 15.2. The molecule has 8 heteroatoms. The van der Waals surface area contributed by atoms with Gasteiger partial charge in [0.2, 0.25) is 10.0 Å². The van der Waals surface area contributed by atoms with Crippen LogP contribution >= 0.6 is 0 Å². The summed E-state index contributed by atoms with van der Waals surface area (Å²) in [7, 11) is -3.82. The second-order valence-electron chi connectivity index (χ2n) is 6.07. The predicted octanol–water partition coefficient (Wildman–Crippen LogP) is 2.92. The second kappa shape index (κ2) is 7.53. The third kappa shape index (κ3) is 3.77. The van der Waals surface area contributed by atoms with Crippen molar-refractivity contribution in [2.75, 3.05) is 19.7 Å². The van der Waals surface area contributed by atoms with E-state index in [1.54, 1.807) is 0 Å². The van der Waals surface area contributed by atoms with Crippen molar-refractivity contribution in [2.24, 2.45) is 0 Å². The van der Waals surface area contributed by atoms with Crippen molar-refractivity contribution in [1.82, 2.24) is 4.31 Å². The number of aryl methyl sites for hydroxylation is 1. The van der Waals surface area contributed by atoms with Crippen molar-refractivity contribution in [3.05, 3.63) is 69.8 Å². The number of non-ortho nitro benzene ring substituents is 1. The fourth-order valence-corrected chi connectivity index (χ4v) is 4.39. The van der Waals surface area contributed by atoms with Crippen LogP contribution in [0, 0.1) is 10.1 Å². The van der Waals surface area contributed by atoms with Crippen molar-refractivity contribution < 1.29 is 18.1 Å². The van der Waals surface area contributed by atoms with E-state index >= 15 is 0 Å². The molecule has 7 nitrogen and oxygen atoms in total. The topological polar surface area (TPSA) is 89.8 Å². The van der Waals surface area contributed by atoms with E-state index in [0.29, 0.717) is 0 Å². The highest BCUT2D eigenvalue weighted by molar-refractivity contribution is 7.89. The van der Waals surface area contributed by atoms with Crippen molar-refractivity contribution in [3.8, 4) is 0 Å². The Hall–Kier alpha value is -2.29. The summed E-state index contributed by atoms with van der Waals surface area (Å²) in [6.45, 7) is 2.74. The largest absolute Gasteiger partial charge is 0.371 e. The van der Waals surface area contributed by atoms with Crippen LogP contribution < -0.4 is 0 Å². The van der Waals surface area contributed by atoms with Crippen LogP contribution in [0.1, 0.15) is 24.2 Å². The Bertz CT molecular complexity index is 896. The van der Waals surface area contributed by atoms with E-state index in [2.05, 4.69) is 6.92 Å². The molecule has 3 rings (SSSR count). The first kappa shape index (κ1) is 18.5. The highest BCUT2D eigenvalue weighted by atomic mass is 32.2. The first-order valence-corrected chi connectivity index (χ1v) is 9.81. The summed E-state index contributed by atoms with van der Waals surface area (Å²) in [5.41, 5.74) is 1.87. The lowest BCUT2D eigenvalue weighted by Crippen LogP contribution is -2.42. The molecule has 1 atom stereocenters. The van der Waals surface area contributed by atoms with Gasteiger partial charge in [0, 0.05) is 25.2 Å². The molecular formula is C18H20N2O5S. The molecular weight excluding hydrogens is 356 g/mol. The summed E-state index contributed by atoms with van der Waals surface area (Å²) in [4.78, 5) is 10.2. The van der Waals surface area contributed by atoms with E-state index in [1.165, 1.54) is 28.1 Å². The number of nitrogens with zero attached hydrogens (tertiary/aromatic N) is 2.